The van der Waals surface area contributed by atoms with E-state index in [1.165, 1.54) is 6.07 Å². The Balaban J connectivity index is 2.50. The van der Waals surface area contributed by atoms with Crippen LogP contribution in [0.4, 0.5) is 13.2 Å². The number of hydrogen-bond donors (Lipinski definition) is 1. The van der Waals surface area contributed by atoms with Gasteiger partial charge in [0.2, 0.25) is 0 Å². The van der Waals surface area contributed by atoms with Crippen LogP contribution >= 0.6 is 0 Å². The number of rotatable bonds is 1. The van der Waals surface area contributed by atoms with E-state index in [2.05, 4.69) is 4.74 Å². The van der Waals surface area contributed by atoms with Crippen LogP contribution in [0.5, 0.6) is 11.5 Å². The van der Waals surface area contributed by atoms with Gasteiger partial charge in [-0.2, -0.15) is 0 Å². The maximum absolute atomic E-state index is 12.0. The lowest BCUT2D eigenvalue weighted by Gasteiger charge is -2.10. The molecule has 0 aliphatic carbocycles. The molecule has 0 saturated carbocycles. The fraction of sp³-hybridized carbons (Fsp3) is 0.0909. The summed E-state index contributed by atoms with van der Waals surface area (Å²) >= 11 is 0. The smallest absolute Gasteiger partial charge is 0.507 e. The van der Waals surface area contributed by atoms with Crippen molar-refractivity contribution in [1.82, 2.24) is 0 Å². The van der Waals surface area contributed by atoms with Gasteiger partial charge in [-0.3, -0.25) is 0 Å². The van der Waals surface area contributed by atoms with Gasteiger partial charge in [-0.1, -0.05) is 24.3 Å². The van der Waals surface area contributed by atoms with E-state index in [0.717, 1.165) is 6.07 Å². The molecule has 0 saturated heterocycles. The number of halogens is 3. The predicted molar refractivity (Wildman–Crippen MR) is 52.3 cm³/mol. The number of phenolic OH excluding ortho intramolecular Hbond substituents is 1. The highest BCUT2D eigenvalue weighted by atomic mass is 19.4. The highest BCUT2D eigenvalue weighted by molar-refractivity contribution is 5.89. The number of ether oxygens (including phenoxy) is 1. The van der Waals surface area contributed by atoms with Gasteiger partial charge in [0.05, 0.1) is 0 Å². The van der Waals surface area contributed by atoms with E-state index in [1.807, 2.05) is 0 Å². The number of alkyl halides is 3. The van der Waals surface area contributed by atoms with Crippen molar-refractivity contribution in [3.8, 4) is 11.5 Å². The second-order valence-corrected chi connectivity index (χ2v) is 3.21. The molecule has 2 aromatic rings. The summed E-state index contributed by atoms with van der Waals surface area (Å²) in [5.41, 5.74) is 0. The first kappa shape index (κ1) is 10.6. The third-order valence-electron chi connectivity index (χ3n) is 2.05. The van der Waals surface area contributed by atoms with Crippen molar-refractivity contribution >= 4 is 10.8 Å². The van der Waals surface area contributed by atoms with Gasteiger partial charge in [0.25, 0.3) is 0 Å². The highest BCUT2D eigenvalue weighted by Gasteiger charge is 2.31. The van der Waals surface area contributed by atoms with E-state index in [0.29, 0.717) is 10.8 Å². The molecule has 1 N–H and O–H groups in total. The fourth-order valence-electron chi connectivity index (χ4n) is 1.46. The Kier molecular flexibility index (Phi) is 2.38. The Morgan fingerprint density at radius 3 is 2.44 bits per heavy atom. The minimum atomic E-state index is -4.76. The van der Waals surface area contributed by atoms with Gasteiger partial charge in [0, 0.05) is 11.5 Å². The summed E-state index contributed by atoms with van der Waals surface area (Å²) in [7, 11) is 0. The van der Waals surface area contributed by atoms with Crippen LogP contribution in [0.2, 0.25) is 0 Å². The number of fused-ring (bicyclic) bond motifs is 1. The van der Waals surface area contributed by atoms with Gasteiger partial charge in [0.15, 0.2) is 0 Å². The van der Waals surface area contributed by atoms with Gasteiger partial charge in [-0.25, -0.2) is 0 Å². The van der Waals surface area contributed by atoms with Gasteiger partial charge in [0.1, 0.15) is 11.5 Å². The Labute approximate surface area is 88.9 Å². The molecule has 0 amide bonds. The molecule has 0 atom stereocenters. The molecular weight excluding hydrogens is 221 g/mol. The predicted octanol–water partition coefficient (Wildman–Crippen LogP) is 3.44. The number of benzene rings is 2. The lowest BCUT2D eigenvalue weighted by atomic mass is 10.1. The molecule has 84 valence electrons. The highest BCUT2D eigenvalue weighted by Crippen LogP contribution is 2.32. The third kappa shape index (κ3) is 2.18. The summed E-state index contributed by atoms with van der Waals surface area (Å²) in [4.78, 5) is 0. The molecule has 0 spiro atoms. The quantitative estimate of drug-likeness (QED) is 0.810. The van der Waals surface area contributed by atoms with E-state index in [-0.39, 0.29) is 5.75 Å². The second-order valence-electron chi connectivity index (χ2n) is 3.21. The van der Waals surface area contributed by atoms with Gasteiger partial charge in [-0.15, -0.1) is 13.2 Å². The molecule has 0 fully saturated rings. The van der Waals surface area contributed by atoms with E-state index in [4.69, 9.17) is 0 Å². The van der Waals surface area contributed by atoms with Crippen LogP contribution in [0.15, 0.2) is 36.4 Å². The Morgan fingerprint density at radius 1 is 1.06 bits per heavy atom. The number of aromatic hydroxyl groups is 1. The fourth-order valence-corrected chi connectivity index (χ4v) is 1.46. The summed E-state index contributed by atoms with van der Waals surface area (Å²) in [6, 6.07) is 8.73. The molecule has 0 radical (unpaired) electrons. The first-order chi connectivity index (χ1) is 7.46. The molecule has 0 bridgehead atoms. The average Bonchev–Trinajstić information content (AvgIpc) is 2.15. The zero-order chi connectivity index (χ0) is 11.8. The van der Waals surface area contributed by atoms with Gasteiger partial charge >= 0.3 is 6.36 Å². The average molecular weight is 228 g/mol. The monoisotopic (exact) mass is 228 g/mol. The molecular formula is C11H7F3O2. The molecule has 0 aliphatic rings. The van der Waals surface area contributed by atoms with E-state index in [9.17, 15) is 18.3 Å². The van der Waals surface area contributed by atoms with E-state index < -0.39 is 12.1 Å². The molecule has 0 heterocycles. The van der Waals surface area contributed by atoms with Crippen LogP contribution in [0.25, 0.3) is 10.8 Å². The molecule has 5 heteroatoms. The SMILES string of the molecule is Oc1cc(OC(F)(F)F)cc2ccccc12. The molecule has 16 heavy (non-hydrogen) atoms. The summed E-state index contributed by atoms with van der Waals surface area (Å²) in [6.07, 6.45) is -4.76. The first-order valence-electron chi connectivity index (χ1n) is 4.43. The van der Waals surface area contributed by atoms with Crippen LogP contribution in [0.3, 0.4) is 0 Å². The minimum Gasteiger partial charge on any atom is -0.507 e. The molecule has 0 aromatic heterocycles. The van der Waals surface area contributed by atoms with Crippen molar-refractivity contribution < 1.29 is 23.0 Å². The maximum atomic E-state index is 12.0. The third-order valence-corrected chi connectivity index (χ3v) is 2.05. The molecule has 2 nitrogen and oxygen atoms in total. The van der Waals surface area contributed by atoms with Crippen LogP contribution < -0.4 is 4.74 Å². The van der Waals surface area contributed by atoms with Crippen LogP contribution in [-0.4, -0.2) is 11.5 Å². The normalized spacial score (nSPS) is 11.7. The van der Waals surface area contributed by atoms with Gasteiger partial charge in [-0.05, 0) is 11.5 Å². The molecule has 2 rings (SSSR count). The summed E-state index contributed by atoms with van der Waals surface area (Å²) in [6.45, 7) is 0. The lowest BCUT2D eigenvalue weighted by Crippen LogP contribution is -2.17. The van der Waals surface area contributed by atoms with Crippen molar-refractivity contribution in [2.45, 2.75) is 6.36 Å². The van der Waals surface area contributed by atoms with Gasteiger partial charge < -0.3 is 9.84 Å². The van der Waals surface area contributed by atoms with Crippen LogP contribution in [-0.2, 0) is 0 Å². The van der Waals surface area contributed by atoms with E-state index >= 15 is 0 Å². The largest absolute Gasteiger partial charge is 0.573 e. The molecule has 0 unspecified atom stereocenters. The Morgan fingerprint density at radius 2 is 1.75 bits per heavy atom. The number of phenols is 1. The summed E-state index contributed by atoms with van der Waals surface area (Å²) in [5, 5.41) is 10.5. The standard InChI is InChI=1S/C11H7F3O2/c12-11(13,14)16-8-5-7-3-1-2-4-9(7)10(15)6-8/h1-6,15H. The topological polar surface area (TPSA) is 29.5 Å². The van der Waals surface area contributed by atoms with Crippen molar-refractivity contribution in [2.75, 3.05) is 0 Å². The van der Waals surface area contributed by atoms with Crippen LogP contribution in [0.1, 0.15) is 0 Å². The number of hydrogen-bond acceptors (Lipinski definition) is 2. The Bertz CT molecular complexity index is 520. The summed E-state index contributed by atoms with van der Waals surface area (Å²) in [5.74, 6) is -0.666. The van der Waals surface area contributed by atoms with Crippen molar-refractivity contribution in [2.24, 2.45) is 0 Å². The van der Waals surface area contributed by atoms with Crippen LogP contribution in [0, 0.1) is 0 Å². The molecule has 2 aromatic carbocycles. The zero-order valence-corrected chi connectivity index (χ0v) is 7.95. The second kappa shape index (κ2) is 3.59. The van der Waals surface area contributed by atoms with Crippen molar-refractivity contribution in [3.63, 3.8) is 0 Å². The Hall–Kier alpha value is -1.91. The van der Waals surface area contributed by atoms with Crippen molar-refractivity contribution in [3.05, 3.63) is 36.4 Å². The van der Waals surface area contributed by atoms with E-state index in [1.54, 1.807) is 24.3 Å². The first-order valence-corrected chi connectivity index (χ1v) is 4.43. The van der Waals surface area contributed by atoms with Crippen molar-refractivity contribution in [1.29, 1.82) is 0 Å². The summed E-state index contributed by atoms with van der Waals surface area (Å²) < 4.78 is 39.6. The molecule has 0 aliphatic heterocycles. The zero-order valence-electron chi connectivity index (χ0n) is 7.95. The maximum Gasteiger partial charge on any atom is 0.573 e. The lowest BCUT2D eigenvalue weighted by molar-refractivity contribution is -0.274. The minimum absolute atomic E-state index is 0.239.